The van der Waals surface area contributed by atoms with Gasteiger partial charge in [0.05, 0.1) is 6.20 Å². The Bertz CT molecular complexity index is 1010. The SMILES string of the molecule is C=C1CCC(N2Cc3cc(C4CCN(Cc5ccnnc5)CC4)ccc3C2=O)C(=O)N1. The minimum absolute atomic E-state index is 0.0324. The smallest absolute Gasteiger partial charge is 0.255 e. The van der Waals surface area contributed by atoms with E-state index in [-0.39, 0.29) is 11.8 Å². The molecule has 2 amide bonds. The number of allylic oxidation sites excluding steroid dienone is 1. The van der Waals surface area contributed by atoms with Gasteiger partial charge >= 0.3 is 0 Å². The first kappa shape index (κ1) is 19.9. The van der Waals surface area contributed by atoms with Gasteiger partial charge in [-0.15, -0.1) is 0 Å². The summed E-state index contributed by atoms with van der Waals surface area (Å²) in [6, 6.07) is 7.88. The number of hydrogen-bond donors (Lipinski definition) is 1. The van der Waals surface area contributed by atoms with Crippen LogP contribution < -0.4 is 5.32 Å². The molecule has 3 aliphatic heterocycles. The van der Waals surface area contributed by atoms with Crippen LogP contribution in [0.1, 0.15) is 58.6 Å². The van der Waals surface area contributed by atoms with Crippen LogP contribution in [-0.4, -0.2) is 50.9 Å². The lowest BCUT2D eigenvalue weighted by Gasteiger charge is -2.32. The number of piperidine rings is 2. The summed E-state index contributed by atoms with van der Waals surface area (Å²) in [5.74, 6) is 0.354. The van der Waals surface area contributed by atoms with Crippen LogP contribution in [0.5, 0.6) is 0 Å². The third-order valence-electron chi connectivity index (χ3n) is 6.77. The van der Waals surface area contributed by atoms with Gasteiger partial charge in [0.2, 0.25) is 5.91 Å². The molecule has 0 spiro atoms. The largest absolute Gasteiger partial charge is 0.329 e. The van der Waals surface area contributed by atoms with Gasteiger partial charge in [0.25, 0.3) is 5.91 Å². The highest BCUT2D eigenvalue weighted by Crippen LogP contribution is 2.34. The summed E-state index contributed by atoms with van der Waals surface area (Å²) in [7, 11) is 0. The summed E-state index contributed by atoms with van der Waals surface area (Å²) in [5, 5.41) is 10.6. The van der Waals surface area contributed by atoms with E-state index in [9.17, 15) is 9.59 Å². The second-order valence-electron chi connectivity index (χ2n) is 8.80. The lowest BCUT2D eigenvalue weighted by atomic mass is 9.88. The third-order valence-corrected chi connectivity index (χ3v) is 6.77. The Labute approximate surface area is 182 Å². The fourth-order valence-electron chi connectivity index (χ4n) is 5.02. The molecular formula is C24H27N5O2. The number of carbonyl (C=O) groups is 2. The Morgan fingerprint density at radius 3 is 2.68 bits per heavy atom. The molecule has 5 rings (SSSR count). The first-order chi connectivity index (χ1) is 15.1. The normalized spacial score (nSPS) is 22.5. The van der Waals surface area contributed by atoms with Crippen LogP contribution in [0.15, 0.2) is 48.9 Å². The molecule has 7 nitrogen and oxygen atoms in total. The number of benzene rings is 1. The molecule has 2 saturated heterocycles. The van der Waals surface area contributed by atoms with E-state index < -0.39 is 6.04 Å². The molecule has 1 aromatic heterocycles. The number of carbonyl (C=O) groups excluding carboxylic acids is 2. The van der Waals surface area contributed by atoms with Crippen LogP contribution in [0.2, 0.25) is 0 Å². The number of nitrogens with one attached hydrogen (secondary N) is 1. The van der Waals surface area contributed by atoms with Crippen molar-refractivity contribution in [3.8, 4) is 0 Å². The van der Waals surface area contributed by atoms with Crippen molar-refractivity contribution < 1.29 is 9.59 Å². The number of rotatable bonds is 4. The van der Waals surface area contributed by atoms with Gasteiger partial charge in [-0.1, -0.05) is 18.7 Å². The summed E-state index contributed by atoms with van der Waals surface area (Å²) in [5.41, 5.74) is 5.02. The van der Waals surface area contributed by atoms with E-state index in [1.54, 1.807) is 11.1 Å². The Hall–Kier alpha value is -3.06. The summed E-state index contributed by atoms with van der Waals surface area (Å²) >= 11 is 0. The molecule has 1 atom stereocenters. The zero-order chi connectivity index (χ0) is 21.4. The first-order valence-electron chi connectivity index (χ1n) is 11.0. The van der Waals surface area contributed by atoms with Crippen molar-refractivity contribution in [2.45, 2.75) is 50.7 Å². The fourth-order valence-corrected chi connectivity index (χ4v) is 5.02. The zero-order valence-corrected chi connectivity index (χ0v) is 17.6. The monoisotopic (exact) mass is 417 g/mol. The van der Waals surface area contributed by atoms with Gasteiger partial charge < -0.3 is 10.2 Å². The minimum atomic E-state index is -0.403. The average molecular weight is 418 g/mol. The maximum Gasteiger partial charge on any atom is 0.255 e. The summed E-state index contributed by atoms with van der Waals surface area (Å²) < 4.78 is 0. The van der Waals surface area contributed by atoms with Crippen molar-refractivity contribution in [2.24, 2.45) is 0 Å². The third kappa shape index (κ3) is 3.97. The van der Waals surface area contributed by atoms with Crippen LogP contribution in [-0.2, 0) is 17.9 Å². The minimum Gasteiger partial charge on any atom is -0.329 e. The summed E-state index contributed by atoms with van der Waals surface area (Å²) in [6.07, 6.45) is 7.13. The Balaban J connectivity index is 1.24. The second kappa shape index (κ2) is 8.23. The molecule has 160 valence electrons. The lowest BCUT2D eigenvalue weighted by Crippen LogP contribution is -2.49. The van der Waals surface area contributed by atoms with Crippen molar-refractivity contribution >= 4 is 11.8 Å². The number of amides is 2. The van der Waals surface area contributed by atoms with Crippen molar-refractivity contribution in [2.75, 3.05) is 13.1 Å². The van der Waals surface area contributed by atoms with Crippen LogP contribution in [0.3, 0.4) is 0 Å². The van der Waals surface area contributed by atoms with E-state index in [2.05, 4.69) is 39.1 Å². The highest BCUT2D eigenvalue weighted by molar-refractivity contribution is 6.01. The molecule has 1 unspecified atom stereocenters. The first-order valence-corrected chi connectivity index (χ1v) is 11.0. The molecule has 31 heavy (non-hydrogen) atoms. The van der Waals surface area contributed by atoms with Crippen LogP contribution in [0.4, 0.5) is 0 Å². The van der Waals surface area contributed by atoms with Gasteiger partial charge in [-0.2, -0.15) is 10.2 Å². The van der Waals surface area contributed by atoms with Gasteiger partial charge in [-0.05, 0) is 73.5 Å². The van der Waals surface area contributed by atoms with Gasteiger partial charge in [0.15, 0.2) is 0 Å². The maximum absolute atomic E-state index is 12.9. The molecule has 7 heteroatoms. The molecule has 0 saturated carbocycles. The quantitative estimate of drug-likeness (QED) is 0.827. The second-order valence-corrected chi connectivity index (χ2v) is 8.80. The molecule has 2 aromatic rings. The number of likely N-dealkylation sites (tertiary alicyclic amines) is 1. The molecule has 0 aliphatic carbocycles. The fraction of sp³-hybridized carbons (Fsp3) is 0.417. The number of hydrogen-bond acceptors (Lipinski definition) is 5. The van der Waals surface area contributed by atoms with Crippen molar-refractivity contribution in [1.82, 2.24) is 25.3 Å². The molecule has 3 aliphatic rings. The molecule has 4 heterocycles. The van der Waals surface area contributed by atoms with Crippen LogP contribution >= 0.6 is 0 Å². The number of nitrogens with zero attached hydrogens (tertiary/aromatic N) is 4. The highest BCUT2D eigenvalue weighted by atomic mass is 16.2. The topological polar surface area (TPSA) is 78.4 Å². The van der Waals surface area contributed by atoms with E-state index in [0.29, 0.717) is 18.9 Å². The van der Waals surface area contributed by atoms with Crippen LogP contribution in [0, 0.1) is 0 Å². The predicted octanol–water partition coefficient (Wildman–Crippen LogP) is 2.60. The van der Waals surface area contributed by atoms with Crippen molar-refractivity contribution in [3.63, 3.8) is 0 Å². The Kier molecular flexibility index (Phi) is 5.28. The molecule has 0 bridgehead atoms. The maximum atomic E-state index is 12.9. The molecule has 1 N–H and O–H groups in total. The number of aromatic nitrogens is 2. The Morgan fingerprint density at radius 2 is 1.94 bits per heavy atom. The zero-order valence-electron chi connectivity index (χ0n) is 17.6. The molecule has 0 radical (unpaired) electrons. The molecular weight excluding hydrogens is 390 g/mol. The standard InChI is InChI=1S/C24H27N5O2/c1-16-2-5-22(23(30)27-16)29-15-20-12-19(3-4-21(20)24(29)31)18-7-10-28(11-8-18)14-17-6-9-25-26-13-17/h3-4,6,9,12-13,18,22H,1-2,5,7-8,10-11,14-15H2,(H,27,30). The lowest BCUT2D eigenvalue weighted by molar-refractivity contribution is -0.126. The highest BCUT2D eigenvalue weighted by Gasteiger charge is 2.38. The summed E-state index contributed by atoms with van der Waals surface area (Å²) in [4.78, 5) is 29.5. The van der Waals surface area contributed by atoms with Gasteiger partial charge in [0, 0.05) is 30.5 Å². The Morgan fingerprint density at radius 1 is 1.10 bits per heavy atom. The average Bonchev–Trinajstić information content (AvgIpc) is 3.10. The van der Waals surface area contributed by atoms with Gasteiger partial charge in [0.1, 0.15) is 6.04 Å². The molecule has 2 fully saturated rings. The van der Waals surface area contributed by atoms with E-state index in [4.69, 9.17) is 0 Å². The predicted molar refractivity (Wildman–Crippen MR) is 116 cm³/mol. The van der Waals surface area contributed by atoms with E-state index in [0.717, 1.165) is 55.7 Å². The van der Waals surface area contributed by atoms with Gasteiger partial charge in [-0.25, -0.2) is 0 Å². The molecule has 1 aromatic carbocycles. The summed E-state index contributed by atoms with van der Waals surface area (Å²) in [6.45, 7) is 7.34. The van der Waals surface area contributed by atoms with Crippen molar-refractivity contribution in [3.05, 3.63) is 71.2 Å². The van der Waals surface area contributed by atoms with Crippen molar-refractivity contribution in [1.29, 1.82) is 0 Å². The van der Waals surface area contributed by atoms with E-state index in [1.165, 1.54) is 11.1 Å². The van der Waals surface area contributed by atoms with E-state index in [1.807, 2.05) is 18.3 Å². The van der Waals surface area contributed by atoms with Crippen LogP contribution in [0.25, 0.3) is 0 Å². The number of fused-ring (bicyclic) bond motifs is 1. The van der Waals surface area contributed by atoms with E-state index >= 15 is 0 Å². The van der Waals surface area contributed by atoms with Gasteiger partial charge in [-0.3, -0.25) is 14.5 Å².